The maximum absolute atomic E-state index is 11.9. The smallest absolute Gasteiger partial charge is 0.246 e. The third-order valence-corrected chi connectivity index (χ3v) is 5.21. The summed E-state index contributed by atoms with van der Waals surface area (Å²) in [6.45, 7) is 1.09. The van der Waals surface area contributed by atoms with Crippen molar-refractivity contribution in [2.75, 3.05) is 16.8 Å². The lowest BCUT2D eigenvalue weighted by Crippen LogP contribution is -2.28. The molecule has 7 nitrogen and oxygen atoms in total. The summed E-state index contributed by atoms with van der Waals surface area (Å²) in [4.78, 5) is 19.0. The van der Waals surface area contributed by atoms with Gasteiger partial charge in [-0.2, -0.15) is 4.98 Å². The van der Waals surface area contributed by atoms with E-state index in [1.807, 2.05) is 41.8 Å². The second-order valence-electron chi connectivity index (χ2n) is 6.00. The first kappa shape index (κ1) is 17.6. The van der Waals surface area contributed by atoms with E-state index in [0.717, 1.165) is 29.2 Å². The van der Waals surface area contributed by atoms with Crippen molar-refractivity contribution < 1.29 is 9.32 Å². The molecule has 138 valence electrons. The number of thiocarbonyl (C=S) groups is 1. The summed E-state index contributed by atoms with van der Waals surface area (Å²) in [5, 5.41) is 12.5. The highest BCUT2D eigenvalue weighted by molar-refractivity contribution is 7.80. The zero-order valence-electron chi connectivity index (χ0n) is 14.3. The van der Waals surface area contributed by atoms with Crippen molar-refractivity contribution in [3.8, 4) is 10.7 Å². The third kappa shape index (κ3) is 4.15. The van der Waals surface area contributed by atoms with Gasteiger partial charge in [-0.15, -0.1) is 11.3 Å². The van der Waals surface area contributed by atoms with Gasteiger partial charge in [-0.05, 0) is 48.3 Å². The lowest BCUT2D eigenvalue weighted by molar-refractivity contribution is -0.117. The predicted molar refractivity (Wildman–Crippen MR) is 109 cm³/mol. The molecule has 2 aromatic heterocycles. The van der Waals surface area contributed by atoms with Crippen molar-refractivity contribution in [1.82, 2.24) is 15.5 Å². The minimum Gasteiger partial charge on any atom is -0.353 e. The SMILES string of the molecule is O=C1CCCN1c1cccc(NC(=S)NCc2nc(-c3cccs3)no2)c1. The van der Waals surface area contributed by atoms with Gasteiger partial charge in [-0.1, -0.05) is 17.3 Å². The van der Waals surface area contributed by atoms with Crippen LogP contribution in [0.3, 0.4) is 0 Å². The maximum atomic E-state index is 11.9. The molecule has 0 aliphatic carbocycles. The molecule has 0 spiro atoms. The van der Waals surface area contributed by atoms with E-state index in [4.69, 9.17) is 16.7 Å². The minimum absolute atomic E-state index is 0.158. The van der Waals surface area contributed by atoms with Crippen molar-refractivity contribution in [1.29, 1.82) is 0 Å². The van der Waals surface area contributed by atoms with Crippen molar-refractivity contribution in [2.24, 2.45) is 0 Å². The second kappa shape index (κ2) is 7.85. The van der Waals surface area contributed by atoms with E-state index in [0.29, 0.717) is 29.8 Å². The minimum atomic E-state index is 0.158. The zero-order chi connectivity index (χ0) is 18.6. The van der Waals surface area contributed by atoms with Gasteiger partial charge in [0.05, 0.1) is 11.4 Å². The number of benzene rings is 1. The molecule has 1 aliphatic heterocycles. The molecule has 1 aliphatic rings. The van der Waals surface area contributed by atoms with Gasteiger partial charge in [-0.25, -0.2) is 0 Å². The largest absolute Gasteiger partial charge is 0.353 e. The molecule has 1 aromatic carbocycles. The van der Waals surface area contributed by atoms with Gasteiger partial charge in [0.1, 0.15) is 0 Å². The van der Waals surface area contributed by atoms with Crippen LogP contribution in [-0.4, -0.2) is 27.7 Å². The number of carbonyl (C=O) groups excluding carboxylic acids is 1. The molecule has 0 radical (unpaired) electrons. The van der Waals surface area contributed by atoms with Crippen LogP contribution in [0.2, 0.25) is 0 Å². The number of anilines is 2. The van der Waals surface area contributed by atoms with Crippen molar-refractivity contribution >= 4 is 45.9 Å². The molecule has 9 heteroatoms. The van der Waals surface area contributed by atoms with E-state index in [1.54, 1.807) is 16.2 Å². The van der Waals surface area contributed by atoms with E-state index in [9.17, 15) is 4.79 Å². The molecule has 27 heavy (non-hydrogen) atoms. The molecule has 1 fully saturated rings. The first-order valence-electron chi connectivity index (χ1n) is 8.51. The Kier molecular flexibility index (Phi) is 5.12. The lowest BCUT2D eigenvalue weighted by Gasteiger charge is -2.17. The quantitative estimate of drug-likeness (QED) is 0.636. The van der Waals surface area contributed by atoms with Crippen LogP contribution in [0.5, 0.6) is 0 Å². The van der Waals surface area contributed by atoms with Crippen LogP contribution in [0, 0.1) is 0 Å². The number of nitrogens with zero attached hydrogens (tertiary/aromatic N) is 3. The van der Waals surface area contributed by atoms with Crippen molar-refractivity contribution in [2.45, 2.75) is 19.4 Å². The van der Waals surface area contributed by atoms with E-state index < -0.39 is 0 Å². The number of rotatable bonds is 5. The first-order chi connectivity index (χ1) is 13.2. The molecule has 0 unspecified atom stereocenters. The highest BCUT2D eigenvalue weighted by atomic mass is 32.1. The number of aromatic nitrogens is 2. The molecule has 1 amide bonds. The molecule has 3 aromatic rings. The molecule has 3 heterocycles. The van der Waals surface area contributed by atoms with Crippen molar-refractivity contribution in [3.63, 3.8) is 0 Å². The number of amides is 1. The average molecular weight is 400 g/mol. The number of hydrogen-bond acceptors (Lipinski definition) is 6. The van der Waals surface area contributed by atoms with Gasteiger partial charge in [0, 0.05) is 24.3 Å². The Morgan fingerprint density at radius 2 is 2.26 bits per heavy atom. The Bertz CT molecular complexity index is 954. The molecule has 4 rings (SSSR count). The van der Waals surface area contributed by atoms with Gasteiger partial charge < -0.3 is 20.1 Å². The summed E-state index contributed by atoms with van der Waals surface area (Å²) >= 11 is 6.89. The summed E-state index contributed by atoms with van der Waals surface area (Å²) in [6.07, 6.45) is 1.50. The van der Waals surface area contributed by atoms with Gasteiger partial charge in [0.25, 0.3) is 0 Å². The number of thiophene rings is 1. The Morgan fingerprint density at radius 1 is 1.33 bits per heavy atom. The normalized spacial score (nSPS) is 13.8. The lowest BCUT2D eigenvalue weighted by atomic mass is 10.2. The standard InChI is InChI=1S/C18H17N5O2S2/c24-16-7-2-8-23(16)13-5-1-4-12(10-13)20-18(26)19-11-15-21-17(22-25-15)14-6-3-9-27-14/h1,3-6,9-10H,2,7-8,11H2,(H2,19,20,26). The zero-order valence-corrected chi connectivity index (χ0v) is 16.0. The first-order valence-corrected chi connectivity index (χ1v) is 9.79. The van der Waals surface area contributed by atoms with E-state index >= 15 is 0 Å². The topological polar surface area (TPSA) is 83.3 Å². The Balaban J connectivity index is 1.34. The number of nitrogens with one attached hydrogen (secondary N) is 2. The molecule has 1 saturated heterocycles. The summed E-state index contributed by atoms with van der Waals surface area (Å²) < 4.78 is 5.24. The van der Waals surface area contributed by atoms with E-state index in [1.165, 1.54) is 0 Å². The maximum Gasteiger partial charge on any atom is 0.246 e. The van der Waals surface area contributed by atoms with Crippen molar-refractivity contribution in [3.05, 3.63) is 47.7 Å². The van der Waals surface area contributed by atoms with E-state index in [-0.39, 0.29) is 5.91 Å². The fraction of sp³-hybridized carbons (Fsp3) is 0.222. The van der Waals surface area contributed by atoms with Gasteiger partial charge >= 0.3 is 0 Å². The van der Waals surface area contributed by atoms with Crippen LogP contribution >= 0.6 is 23.6 Å². The van der Waals surface area contributed by atoms with Crippen LogP contribution < -0.4 is 15.5 Å². The van der Waals surface area contributed by atoms with Crippen LogP contribution in [0.1, 0.15) is 18.7 Å². The highest BCUT2D eigenvalue weighted by Crippen LogP contribution is 2.24. The Hall–Kier alpha value is -2.78. The molecule has 0 saturated carbocycles. The summed E-state index contributed by atoms with van der Waals surface area (Å²) in [5.74, 6) is 1.19. The summed E-state index contributed by atoms with van der Waals surface area (Å²) in [6, 6.07) is 11.5. The summed E-state index contributed by atoms with van der Waals surface area (Å²) in [7, 11) is 0. The molecule has 0 atom stereocenters. The number of carbonyl (C=O) groups is 1. The monoisotopic (exact) mass is 399 g/mol. The average Bonchev–Trinajstić information content (AvgIpc) is 3.41. The van der Waals surface area contributed by atoms with Crippen LogP contribution in [0.4, 0.5) is 11.4 Å². The fourth-order valence-electron chi connectivity index (χ4n) is 2.84. The van der Waals surface area contributed by atoms with E-state index in [2.05, 4.69) is 20.8 Å². The van der Waals surface area contributed by atoms with Gasteiger partial charge in [0.2, 0.25) is 17.6 Å². The molecular formula is C18H17N5O2S2. The number of hydrogen-bond donors (Lipinski definition) is 2. The second-order valence-corrected chi connectivity index (χ2v) is 7.35. The van der Waals surface area contributed by atoms with Crippen LogP contribution in [0.15, 0.2) is 46.3 Å². The fourth-order valence-corrected chi connectivity index (χ4v) is 3.68. The van der Waals surface area contributed by atoms with Gasteiger partial charge in [0.15, 0.2) is 5.11 Å². The third-order valence-electron chi connectivity index (χ3n) is 4.10. The van der Waals surface area contributed by atoms with Crippen LogP contribution in [0.25, 0.3) is 10.7 Å². The Morgan fingerprint density at radius 3 is 3.04 bits per heavy atom. The molecular weight excluding hydrogens is 382 g/mol. The Labute approximate surface area is 165 Å². The predicted octanol–water partition coefficient (Wildman–Crippen LogP) is 3.41. The molecule has 0 bridgehead atoms. The van der Waals surface area contributed by atoms with Gasteiger partial charge in [-0.3, -0.25) is 4.79 Å². The summed E-state index contributed by atoms with van der Waals surface area (Å²) in [5.41, 5.74) is 1.69. The van der Waals surface area contributed by atoms with Crippen LogP contribution in [-0.2, 0) is 11.3 Å². The molecule has 2 N–H and O–H groups in total. The highest BCUT2D eigenvalue weighted by Gasteiger charge is 2.21.